The number of halogens is 2. The molecule has 0 bridgehead atoms. The minimum Gasteiger partial charge on any atom is -0.385 e. The maximum Gasteiger partial charge on any atom is 0.191 e. The molecule has 22 heavy (non-hydrogen) atoms. The van der Waals surface area contributed by atoms with Crippen LogP contribution in [0, 0.1) is 12.7 Å². The summed E-state index contributed by atoms with van der Waals surface area (Å²) in [6, 6.07) is 4.92. The van der Waals surface area contributed by atoms with Crippen LogP contribution in [0.4, 0.5) is 4.39 Å². The van der Waals surface area contributed by atoms with Gasteiger partial charge in [-0.1, -0.05) is 6.07 Å². The first-order chi connectivity index (χ1) is 10.2. The Labute approximate surface area is 149 Å². The lowest BCUT2D eigenvalue weighted by Gasteiger charge is -2.12. The number of nitrogens with zero attached hydrogens (tertiary/aromatic N) is 1. The first-order valence-electron chi connectivity index (χ1n) is 7.43. The number of nitrogens with one attached hydrogen (secondary N) is 2. The second-order valence-electron chi connectivity index (χ2n) is 4.85. The number of ether oxygens (including phenoxy) is 1. The Hall–Kier alpha value is -0.890. The quantitative estimate of drug-likeness (QED) is 0.293. The van der Waals surface area contributed by atoms with Crippen LogP contribution in [-0.4, -0.2) is 39.3 Å². The third kappa shape index (κ3) is 8.53. The summed E-state index contributed by atoms with van der Waals surface area (Å²) in [7, 11) is 1.69. The monoisotopic (exact) mass is 423 g/mol. The van der Waals surface area contributed by atoms with Gasteiger partial charge in [0.05, 0.1) is 0 Å². The van der Waals surface area contributed by atoms with E-state index in [1.54, 1.807) is 13.2 Å². The van der Waals surface area contributed by atoms with Gasteiger partial charge in [-0.2, -0.15) is 0 Å². The van der Waals surface area contributed by atoms with Crippen LogP contribution in [0.15, 0.2) is 23.2 Å². The number of methoxy groups -OCH3 is 1. The molecule has 126 valence electrons. The van der Waals surface area contributed by atoms with E-state index in [1.807, 2.05) is 19.9 Å². The van der Waals surface area contributed by atoms with Crippen LogP contribution >= 0.6 is 24.0 Å². The Kier molecular flexibility index (Phi) is 12.1. The van der Waals surface area contributed by atoms with Crippen LogP contribution in [0.25, 0.3) is 0 Å². The zero-order chi connectivity index (χ0) is 15.5. The van der Waals surface area contributed by atoms with Crippen molar-refractivity contribution in [1.29, 1.82) is 0 Å². The zero-order valence-electron chi connectivity index (χ0n) is 13.6. The average Bonchev–Trinajstić information content (AvgIpc) is 2.45. The molecule has 0 atom stereocenters. The van der Waals surface area contributed by atoms with E-state index in [4.69, 9.17) is 4.74 Å². The van der Waals surface area contributed by atoms with Gasteiger partial charge in [-0.15, -0.1) is 24.0 Å². The van der Waals surface area contributed by atoms with Gasteiger partial charge in [-0.25, -0.2) is 4.39 Å². The van der Waals surface area contributed by atoms with Crippen LogP contribution in [0.1, 0.15) is 24.5 Å². The summed E-state index contributed by atoms with van der Waals surface area (Å²) < 4.78 is 18.1. The van der Waals surface area contributed by atoms with E-state index in [9.17, 15) is 4.39 Å². The maximum atomic E-state index is 13.0. The van der Waals surface area contributed by atoms with E-state index < -0.39 is 0 Å². The summed E-state index contributed by atoms with van der Waals surface area (Å²) in [5, 5.41) is 6.50. The second kappa shape index (κ2) is 12.6. The van der Waals surface area contributed by atoms with Gasteiger partial charge in [0.25, 0.3) is 0 Å². The largest absolute Gasteiger partial charge is 0.385 e. The second-order valence-corrected chi connectivity index (χ2v) is 4.85. The summed E-state index contributed by atoms with van der Waals surface area (Å²) in [6.07, 6.45) is 1.75. The Morgan fingerprint density at radius 2 is 2.09 bits per heavy atom. The highest BCUT2D eigenvalue weighted by atomic mass is 127. The predicted octanol–water partition coefficient (Wildman–Crippen LogP) is 2.89. The van der Waals surface area contributed by atoms with Crippen molar-refractivity contribution in [2.75, 3.05) is 33.4 Å². The normalized spacial score (nSPS) is 11.0. The summed E-state index contributed by atoms with van der Waals surface area (Å²) in [5.41, 5.74) is 2.14. The number of guanidine groups is 1. The molecule has 0 unspecified atom stereocenters. The lowest BCUT2D eigenvalue weighted by atomic mass is 10.1. The van der Waals surface area contributed by atoms with Crippen LogP contribution in [0.2, 0.25) is 0 Å². The van der Waals surface area contributed by atoms with Crippen molar-refractivity contribution in [3.63, 3.8) is 0 Å². The lowest BCUT2D eigenvalue weighted by Crippen LogP contribution is -2.38. The van der Waals surface area contributed by atoms with Crippen LogP contribution in [0.5, 0.6) is 0 Å². The van der Waals surface area contributed by atoms with Gasteiger partial charge in [0.15, 0.2) is 5.96 Å². The summed E-state index contributed by atoms with van der Waals surface area (Å²) in [6.45, 7) is 7.02. The molecule has 0 amide bonds. The minimum absolute atomic E-state index is 0. The fourth-order valence-corrected chi connectivity index (χ4v) is 2.00. The number of aliphatic imine (C=N–C) groups is 1. The molecule has 0 aliphatic heterocycles. The zero-order valence-corrected chi connectivity index (χ0v) is 15.9. The predicted molar refractivity (Wildman–Crippen MR) is 101 cm³/mol. The molecule has 0 aliphatic rings. The highest BCUT2D eigenvalue weighted by Crippen LogP contribution is 2.10. The standard InChI is InChI=1S/C16H26FN3O.HI/c1-4-18-16(19-9-5-11-21-3)20-10-8-14-6-7-15(17)12-13(14)2;/h6-7,12H,4-5,8-11H2,1-3H3,(H2,18,19,20);1H. The maximum absolute atomic E-state index is 13.0. The van der Waals surface area contributed by atoms with E-state index in [2.05, 4.69) is 15.6 Å². The van der Waals surface area contributed by atoms with Crippen molar-refractivity contribution in [2.45, 2.75) is 26.7 Å². The van der Waals surface area contributed by atoms with E-state index in [-0.39, 0.29) is 29.8 Å². The van der Waals surface area contributed by atoms with Gasteiger partial charge in [0, 0.05) is 33.4 Å². The molecule has 6 heteroatoms. The lowest BCUT2D eigenvalue weighted by molar-refractivity contribution is 0.197. The molecule has 0 spiro atoms. The number of hydrogen-bond acceptors (Lipinski definition) is 2. The van der Waals surface area contributed by atoms with Gasteiger partial charge in [0.2, 0.25) is 0 Å². The number of benzene rings is 1. The van der Waals surface area contributed by atoms with E-state index >= 15 is 0 Å². The van der Waals surface area contributed by atoms with E-state index in [1.165, 1.54) is 6.07 Å². The van der Waals surface area contributed by atoms with Gasteiger partial charge >= 0.3 is 0 Å². The van der Waals surface area contributed by atoms with Crippen molar-refractivity contribution >= 4 is 29.9 Å². The molecule has 0 fully saturated rings. The van der Waals surface area contributed by atoms with Crippen LogP contribution in [0.3, 0.4) is 0 Å². The van der Waals surface area contributed by atoms with Gasteiger partial charge in [-0.3, -0.25) is 4.99 Å². The Balaban J connectivity index is 0.00000441. The molecular weight excluding hydrogens is 396 g/mol. The molecule has 0 aromatic heterocycles. The molecular formula is C16H27FIN3O. The number of rotatable bonds is 8. The fourth-order valence-electron chi connectivity index (χ4n) is 2.00. The molecule has 4 nitrogen and oxygen atoms in total. The Morgan fingerprint density at radius 3 is 2.73 bits per heavy atom. The molecule has 0 saturated heterocycles. The molecule has 0 radical (unpaired) electrons. The van der Waals surface area contributed by atoms with Gasteiger partial charge in [0.1, 0.15) is 5.82 Å². The highest BCUT2D eigenvalue weighted by Gasteiger charge is 2.01. The first-order valence-corrected chi connectivity index (χ1v) is 7.43. The van der Waals surface area contributed by atoms with Crippen LogP contribution in [-0.2, 0) is 11.2 Å². The van der Waals surface area contributed by atoms with E-state index in [0.717, 1.165) is 56.2 Å². The summed E-state index contributed by atoms with van der Waals surface area (Å²) in [4.78, 5) is 4.47. The third-order valence-electron chi connectivity index (χ3n) is 3.11. The minimum atomic E-state index is -0.183. The highest BCUT2D eigenvalue weighted by molar-refractivity contribution is 14.0. The Bertz CT molecular complexity index is 455. The summed E-state index contributed by atoms with van der Waals surface area (Å²) in [5.74, 6) is 0.630. The molecule has 0 saturated carbocycles. The first kappa shape index (κ1) is 21.1. The van der Waals surface area contributed by atoms with Crippen molar-refractivity contribution < 1.29 is 9.13 Å². The SMILES string of the molecule is CCNC(=NCCCOC)NCCc1ccc(F)cc1C.I. The van der Waals surface area contributed by atoms with Crippen molar-refractivity contribution in [3.05, 3.63) is 35.1 Å². The molecule has 0 aliphatic carbocycles. The van der Waals surface area contributed by atoms with Crippen LogP contribution < -0.4 is 10.6 Å². The van der Waals surface area contributed by atoms with Crippen molar-refractivity contribution in [1.82, 2.24) is 10.6 Å². The van der Waals surface area contributed by atoms with Gasteiger partial charge < -0.3 is 15.4 Å². The number of hydrogen-bond donors (Lipinski definition) is 2. The van der Waals surface area contributed by atoms with Crippen molar-refractivity contribution in [2.24, 2.45) is 4.99 Å². The number of aryl methyl sites for hydroxylation is 1. The van der Waals surface area contributed by atoms with E-state index in [0.29, 0.717) is 0 Å². The molecule has 1 aromatic rings. The van der Waals surface area contributed by atoms with Crippen molar-refractivity contribution in [3.8, 4) is 0 Å². The Morgan fingerprint density at radius 1 is 1.32 bits per heavy atom. The summed E-state index contributed by atoms with van der Waals surface area (Å²) >= 11 is 0. The fraction of sp³-hybridized carbons (Fsp3) is 0.562. The average molecular weight is 423 g/mol. The molecule has 1 aromatic carbocycles. The third-order valence-corrected chi connectivity index (χ3v) is 3.11. The molecule has 2 N–H and O–H groups in total. The smallest absolute Gasteiger partial charge is 0.191 e. The topological polar surface area (TPSA) is 45.7 Å². The molecule has 1 rings (SSSR count). The molecule has 0 heterocycles. The van der Waals surface area contributed by atoms with Gasteiger partial charge in [-0.05, 0) is 49.9 Å².